The van der Waals surface area contributed by atoms with Crippen molar-refractivity contribution < 1.29 is 0 Å². The summed E-state index contributed by atoms with van der Waals surface area (Å²) in [6.45, 7) is 9.04. The first-order chi connectivity index (χ1) is 9.30. The highest BCUT2D eigenvalue weighted by Crippen LogP contribution is 2.34. The second kappa shape index (κ2) is 6.79. The van der Waals surface area contributed by atoms with E-state index in [0.717, 1.165) is 13.1 Å². The van der Waals surface area contributed by atoms with Crippen LogP contribution >= 0.6 is 0 Å². The normalized spacial score (nSPS) is 13.3. The molecule has 1 aliphatic rings. The van der Waals surface area contributed by atoms with E-state index in [1.165, 1.54) is 48.9 Å². The van der Waals surface area contributed by atoms with Crippen LogP contribution in [0.3, 0.4) is 0 Å². The van der Waals surface area contributed by atoms with E-state index < -0.39 is 0 Å². The maximum atomic E-state index is 2.51. The molecule has 1 aliphatic carbocycles. The van der Waals surface area contributed by atoms with Crippen LogP contribution in [0.4, 0.5) is 5.69 Å². The number of fused-ring (bicyclic) bond motifs is 1. The lowest BCUT2D eigenvalue weighted by atomic mass is 10.1. The SMILES string of the molecule is CCCCC1=Cc2c(cccc2N(CC)CCC)C1. The second-order valence-corrected chi connectivity index (χ2v) is 5.51. The van der Waals surface area contributed by atoms with E-state index in [4.69, 9.17) is 0 Å². The van der Waals surface area contributed by atoms with Crippen molar-refractivity contribution in [1.82, 2.24) is 0 Å². The van der Waals surface area contributed by atoms with Crippen molar-refractivity contribution in [3.63, 3.8) is 0 Å². The average molecular weight is 257 g/mol. The Morgan fingerprint density at radius 3 is 2.63 bits per heavy atom. The number of hydrogen-bond donors (Lipinski definition) is 0. The fraction of sp³-hybridized carbons (Fsp3) is 0.556. The molecule has 0 unspecified atom stereocenters. The molecule has 0 N–H and O–H groups in total. The Morgan fingerprint density at radius 1 is 1.11 bits per heavy atom. The maximum Gasteiger partial charge on any atom is 0.0442 e. The Balaban J connectivity index is 2.24. The standard InChI is InChI=1S/C18H27N/c1-4-7-9-15-13-16-10-8-11-18(17(16)14-15)19(6-3)12-5-2/h8,10-11,14H,4-7,9,12-13H2,1-3H3. The minimum Gasteiger partial charge on any atom is -0.371 e. The fourth-order valence-corrected chi connectivity index (χ4v) is 2.98. The molecule has 104 valence electrons. The third kappa shape index (κ3) is 3.20. The summed E-state index contributed by atoms with van der Waals surface area (Å²) in [5.41, 5.74) is 6.08. The van der Waals surface area contributed by atoms with Crippen molar-refractivity contribution in [3.05, 3.63) is 34.9 Å². The van der Waals surface area contributed by atoms with Crippen molar-refractivity contribution in [2.45, 2.75) is 52.9 Å². The summed E-state index contributed by atoms with van der Waals surface area (Å²) in [5.74, 6) is 0. The molecule has 1 heteroatoms. The van der Waals surface area contributed by atoms with Crippen LogP contribution in [0.5, 0.6) is 0 Å². The minimum absolute atomic E-state index is 1.10. The zero-order valence-corrected chi connectivity index (χ0v) is 12.7. The summed E-state index contributed by atoms with van der Waals surface area (Å²) < 4.78 is 0. The van der Waals surface area contributed by atoms with Crippen molar-refractivity contribution in [3.8, 4) is 0 Å². The third-order valence-electron chi connectivity index (χ3n) is 4.01. The molecule has 0 atom stereocenters. The lowest BCUT2D eigenvalue weighted by molar-refractivity contribution is 0.779. The molecule has 0 saturated carbocycles. The zero-order chi connectivity index (χ0) is 13.7. The predicted octanol–water partition coefficient (Wildman–Crippen LogP) is 5.05. The van der Waals surface area contributed by atoms with Crippen LogP contribution in [0.25, 0.3) is 6.08 Å². The molecule has 0 aromatic heterocycles. The van der Waals surface area contributed by atoms with Gasteiger partial charge in [0.15, 0.2) is 0 Å². The van der Waals surface area contributed by atoms with E-state index >= 15 is 0 Å². The van der Waals surface area contributed by atoms with Gasteiger partial charge in [-0.15, -0.1) is 0 Å². The van der Waals surface area contributed by atoms with Crippen LogP contribution in [-0.2, 0) is 6.42 Å². The Bertz CT molecular complexity index is 445. The number of unbranched alkanes of at least 4 members (excludes halogenated alkanes) is 1. The van der Waals surface area contributed by atoms with Crippen molar-refractivity contribution in [2.24, 2.45) is 0 Å². The molecule has 0 amide bonds. The summed E-state index contributed by atoms with van der Waals surface area (Å²) in [5, 5.41) is 0. The van der Waals surface area contributed by atoms with E-state index in [1.807, 2.05) is 0 Å². The highest BCUT2D eigenvalue weighted by molar-refractivity contribution is 5.76. The van der Waals surface area contributed by atoms with Gasteiger partial charge < -0.3 is 4.90 Å². The van der Waals surface area contributed by atoms with Gasteiger partial charge in [0.2, 0.25) is 0 Å². The van der Waals surface area contributed by atoms with Crippen molar-refractivity contribution in [1.29, 1.82) is 0 Å². The number of allylic oxidation sites excluding steroid dienone is 1. The summed E-state index contributed by atoms with van der Waals surface area (Å²) in [6.07, 6.45) is 8.72. The topological polar surface area (TPSA) is 3.24 Å². The first-order valence-corrected chi connectivity index (χ1v) is 7.86. The predicted molar refractivity (Wildman–Crippen MR) is 85.8 cm³/mol. The Labute approximate surface area is 118 Å². The molecule has 2 rings (SSSR count). The van der Waals surface area contributed by atoms with Crippen LogP contribution in [-0.4, -0.2) is 13.1 Å². The fourth-order valence-electron chi connectivity index (χ4n) is 2.98. The lowest BCUT2D eigenvalue weighted by Crippen LogP contribution is -2.24. The molecule has 1 nitrogen and oxygen atoms in total. The van der Waals surface area contributed by atoms with Gasteiger partial charge in [-0.05, 0) is 44.2 Å². The van der Waals surface area contributed by atoms with Crippen LogP contribution in [0.1, 0.15) is 57.6 Å². The van der Waals surface area contributed by atoms with E-state index in [0.29, 0.717) is 0 Å². The molecule has 0 bridgehead atoms. The number of nitrogens with zero attached hydrogens (tertiary/aromatic N) is 1. The van der Waals surface area contributed by atoms with Gasteiger partial charge in [0.05, 0.1) is 0 Å². The monoisotopic (exact) mass is 257 g/mol. The molecule has 19 heavy (non-hydrogen) atoms. The zero-order valence-electron chi connectivity index (χ0n) is 12.7. The summed E-state index contributed by atoms with van der Waals surface area (Å²) in [7, 11) is 0. The first-order valence-electron chi connectivity index (χ1n) is 7.86. The molecule has 0 fully saturated rings. The van der Waals surface area contributed by atoms with E-state index in [-0.39, 0.29) is 0 Å². The molecule has 0 aliphatic heterocycles. The van der Waals surface area contributed by atoms with Gasteiger partial charge in [-0.3, -0.25) is 0 Å². The Hall–Kier alpha value is -1.24. The Kier molecular flexibility index (Phi) is 5.07. The van der Waals surface area contributed by atoms with Gasteiger partial charge in [0.25, 0.3) is 0 Å². The highest BCUT2D eigenvalue weighted by atomic mass is 15.1. The van der Waals surface area contributed by atoms with Gasteiger partial charge >= 0.3 is 0 Å². The van der Waals surface area contributed by atoms with Crippen LogP contribution in [0.15, 0.2) is 23.8 Å². The number of hydrogen-bond acceptors (Lipinski definition) is 1. The third-order valence-corrected chi connectivity index (χ3v) is 4.01. The number of benzene rings is 1. The van der Waals surface area contributed by atoms with E-state index in [1.54, 1.807) is 5.57 Å². The van der Waals surface area contributed by atoms with Gasteiger partial charge in [0.1, 0.15) is 0 Å². The molecule has 0 heterocycles. The lowest BCUT2D eigenvalue weighted by Gasteiger charge is -2.24. The van der Waals surface area contributed by atoms with Crippen LogP contribution in [0.2, 0.25) is 0 Å². The van der Waals surface area contributed by atoms with Gasteiger partial charge in [-0.1, -0.05) is 44.1 Å². The van der Waals surface area contributed by atoms with Crippen LogP contribution in [0, 0.1) is 0 Å². The molecule has 0 spiro atoms. The maximum absolute atomic E-state index is 2.51. The van der Waals surface area contributed by atoms with Crippen LogP contribution < -0.4 is 4.90 Å². The quantitative estimate of drug-likeness (QED) is 0.660. The van der Waals surface area contributed by atoms with Crippen molar-refractivity contribution >= 4 is 11.8 Å². The largest absolute Gasteiger partial charge is 0.371 e. The van der Waals surface area contributed by atoms with E-state index in [9.17, 15) is 0 Å². The molecule has 1 aromatic rings. The Morgan fingerprint density at radius 2 is 1.95 bits per heavy atom. The average Bonchev–Trinajstić information content (AvgIpc) is 2.85. The molecular weight excluding hydrogens is 230 g/mol. The van der Waals surface area contributed by atoms with Gasteiger partial charge in [-0.2, -0.15) is 0 Å². The van der Waals surface area contributed by atoms with E-state index in [2.05, 4.69) is 49.9 Å². The molecule has 1 aromatic carbocycles. The highest BCUT2D eigenvalue weighted by Gasteiger charge is 2.17. The minimum atomic E-state index is 1.10. The second-order valence-electron chi connectivity index (χ2n) is 5.51. The summed E-state index contributed by atoms with van der Waals surface area (Å²) >= 11 is 0. The molecule has 0 radical (unpaired) electrons. The number of rotatable bonds is 7. The molecule has 0 saturated heterocycles. The summed E-state index contributed by atoms with van der Waals surface area (Å²) in [6, 6.07) is 6.81. The first kappa shape index (κ1) is 14.2. The van der Waals surface area contributed by atoms with Gasteiger partial charge in [-0.25, -0.2) is 0 Å². The smallest absolute Gasteiger partial charge is 0.0442 e. The molecular formula is C18H27N. The van der Waals surface area contributed by atoms with Crippen molar-refractivity contribution in [2.75, 3.05) is 18.0 Å². The summed E-state index contributed by atoms with van der Waals surface area (Å²) in [4.78, 5) is 2.51. The number of anilines is 1. The van der Waals surface area contributed by atoms with Gasteiger partial charge in [0, 0.05) is 24.3 Å².